The number of nitriles is 2. The molecule has 0 saturated heterocycles. The van der Waals surface area contributed by atoms with Gasteiger partial charge in [0, 0.05) is 6.54 Å². The summed E-state index contributed by atoms with van der Waals surface area (Å²) < 4.78 is 25.4. The summed E-state index contributed by atoms with van der Waals surface area (Å²) in [5, 5.41) is 16.2. The molecule has 1 aromatic rings. The van der Waals surface area contributed by atoms with E-state index in [1.54, 1.807) is 36.4 Å². The van der Waals surface area contributed by atoms with Crippen molar-refractivity contribution in [3.05, 3.63) is 30.3 Å². The second-order valence-corrected chi connectivity index (χ2v) is 5.81. The van der Waals surface area contributed by atoms with Crippen molar-refractivity contribution in [3.63, 3.8) is 0 Å². The van der Waals surface area contributed by atoms with Crippen LogP contribution in [0.5, 0.6) is 0 Å². The summed E-state index contributed by atoms with van der Waals surface area (Å²) in [6.07, 6.45) is 0.0757. The van der Waals surface area contributed by atoms with E-state index in [0.717, 1.165) is 4.31 Å². The van der Waals surface area contributed by atoms with Crippen LogP contribution in [0.1, 0.15) is 13.3 Å². The zero-order valence-corrected chi connectivity index (χ0v) is 10.8. The van der Waals surface area contributed by atoms with Crippen LogP contribution < -0.4 is 4.31 Å². The molecule has 1 aromatic carbocycles. The van der Waals surface area contributed by atoms with Crippen LogP contribution >= 0.6 is 0 Å². The van der Waals surface area contributed by atoms with Crippen LogP contribution in [0.25, 0.3) is 0 Å². The van der Waals surface area contributed by atoms with Crippen LogP contribution in [0.2, 0.25) is 0 Å². The van der Waals surface area contributed by atoms with Gasteiger partial charge in [-0.3, -0.25) is 4.31 Å². The van der Waals surface area contributed by atoms with Gasteiger partial charge < -0.3 is 0 Å². The monoisotopic (exact) mass is 263 g/mol. The highest BCUT2D eigenvalue weighted by Crippen LogP contribution is 2.20. The van der Waals surface area contributed by atoms with Crippen molar-refractivity contribution in [1.82, 2.24) is 0 Å². The maximum Gasteiger partial charge on any atom is 0.251 e. The van der Waals surface area contributed by atoms with Crippen LogP contribution in [0.4, 0.5) is 5.69 Å². The second kappa shape index (κ2) is 6.04. The number of para-hydroxylation sites is 1. The molecule has 0 radical (unpaired) electrons. The lowest BCUT2D eigenvalue weighted by molar-refractivity contribution is 0.586. The van der Waals surface area contributed by atoms with E-state index in [1.165, 1.54) is 6.92 Å². The molecule has 0 aliphatic carbocycles. The number of nitrogens with zero attached hydrogens (tertiary/aromatic N) is 3. The molecule has 0 bridgehead atoms. The van der Waals surface area contributed by atoms with Crippen LogP contribution in [-0.2, 0) is 10.0 Å². The van der Waals surface area contributed by atoms with E-state index < -0.39 is 15.3 Å². The van der Waals surface area contributed by atoms with Crippen LogP contribution in [0.15, 0.2) is 30.3 Å². The summed E-state index contributed by atoms with van der Waals surface area (Å²) in [5.41, 5.74) is 0.467. The molecular formula is C12H13N3O2S. The van der Waals surface area contributed by atoms with E-state index in [-0.39, 0.29) is 13.0 Å². The Kier molecular flexibility index (Phi) is 4.70. The molecule has 0 aliphatic rings. The molecular weight excluding hydrogens is 250 g/mol. The highest BCUT2D eigenvalue weighted by molar-refractivity contribution is 7.93. The van der Waals surface area contributed by atoms with Gasteiger partial charge in [-0.15, -0.1) is 0 Å². The number of hydrogen-bond donors (Lipinski definition) is 0. The fourth-order valence-corrected chi connectivity index (χ4v) is 2.68. The Bertz CT molecular complexity index is 570. The van der Waals surface area contributed by atoms with E-state index in [1.807, 2.05) is 6.07 Å². The quantitative estimate of drug-likeness (QED) is 0.808. The van der Waals surface area contributed by atoms with E-state index in [9.17, 15) is 8.42 Å². The number of sulfonamides is 1. The number of anilines is 1. The van der Waals surface area contributed by atoms with Gasteiger partial charge in [-0.05, 0) is 19.1 Å². The van der Waals surface area contributed by atoms with E-state index in [0.29, 0.717) is 5.69 Å². The van der Waals surface area contributed by atoms with Crippen LogP contribution in [0.3, 0.4) is 0 Å². The van der Waals surface area contributed by atoms with E-state index in [4.69, 9.17) is 10.5 Å². The third-order valence-corrected chi connectivity index (χ3v) is 4.41. The maximum absolute atomic E-state index is 12.2. The molecule has 0 fully saturated rings. The van der Waals surface area contributed by atoms with Crippen molar-refractivity contribution in [2.75, 3.05) is 10.8 Å². The van der Waals surface area contributed by atoms with Crippen molar-refractivity contribution >= 4 is 15.7 Å². The van der Waals surface area contributed by atoms with Crippen molar-refractivity contribution in [1.29, 1.82) is 10.5 Å². The smallest absolute Gasteiger partial charge is 0.251 e. The Balaban J connectivity index is 3.16. The maximum atomic E-state index is 12.2. The lowest BCUT2D eigenvalue weighted by atomic mass is 10.3. The van der Waals surface area contributed by atoms with Gasteiger partial charge >= 0.3 is 0 Å². The number of benzene rings is 1. The van der Waals surface area contributed by atoms with Crippen molar-refractivity contribution < 1.29 is 8.42 Å². The molecule has 0 amide bonds. The first-order chi connectivity index (χ1) is 8.54. The molecule has 1 rings (SSSR count). The predicted octanol–water partition coefficient (Wildman–Crippen LogP) is 1.65. The lowest BCUT2D eigenvalue weighted by Gasteiger charge is -2.24. The van der Waals surface area contributed by atoms with Gasteiger partial charge in [0.15, 0.2) is 5.25 Å². The molecule has 1 unspecified atom stereocenters. The van der Waals surface area contributed by atoms with Crippen LogP contribution in [-0.4, -0.2) is 20.2 Å². The first kappa shape index (κ1) is 14.0. The molecule has 0 spiro atoms. The van der Waals surface area contributed by atoms with Gasteiger partial charge in [0.05, 0.1) is 24.2 Å². The standard InChI is InChI=1S/C12H13N3O2S/c1-11(10-14)18(16,17)15(9-5-8-13)12-6-3-2-4-7-12/h2-4,6-7,11H,5,9H2,1H3. The van der Waals surface area contributed by atoms with Crippen molar-refractivity contribution in [2.24, 2.45) is 0 Å². The minimum atomic E-state index is -3.76. The topological polar surface area (TPSA) is 85.0 Å². The highest BCUT2D eigenvalue weighted by atomic mass is 32.2. The normalized spacial score (nSPS) is 12.2. The average Bonchev–Trinajstić information content (AvgIpc) is 2.39. The SMILES string of the molecule is CC(C#N)S(=O)(=O)N(CCC#N)c1ccccc1. The molecule has 0 aromatic heterocycles. The number of rotatable bonds is 5. The first-order valence-corrected chi connectivity index (χ1v) is 6.87. The Morgan fingerprint density at radius 2 is 1.89 bits per heavy atom. The van der Waals surface area contributed by atoms with Gasteiger partial charge in [-0.25, -0.2) is 8.42 Å². The van der Waals surface area contributed by atoms with Crippen LogP contribution in [0, 0.1) is 22.7 Å². The summed E-state index contributed by atoms with van der Waals surface area (Å²) in [5.74, 6) is 0. The summed E-state index contributed by atoms with van der Waals surface area (Å²) >= 11 is 0. The van der Waals surface area contributed by atoms with Gasteiger partial charge in [0.2, 0.25) is 0 Å². The molecule has 18 heavy (non-hydrogen) atoms. The summed E-state index contributed by atoms with van der Waals surface area (Å²) in [6, 6.07) is 12.1. The Labute approximate surface area is 107 Å². The predicted molar refractivity (Wildman–Crippen MR) is 68.0 cm³/mol. The van der Waals surface area contributed by atoms with Gasteiger partial charge in [0.1, 0.15) is 0 Å². The molecule has 0 aliphatic heterocycles. The molecule has 94 valence electrons. The Morgan fingerprint density at radius 1 is 1.28 bits per heavy atom. The molecule has 0 heterocycles. The van der Waals surface area contributed by atoms with Gasteiger partial charge in [0.25, 0.3) is 10.0 Å². The summed E-state index contributed by atoms with van der Waals surface area (Å²) in [6.45, 7) is 1.38. The Morgan fingerprint density at radius 3 is 2.39 bits per heavy atom. The van der Waals surface area contributed by atoms with Gasteiger partial charge in [-0.2, -0.15) is 10.5 Å². The number of hydrogen-bond acceptors (Lipinski definition) is 4. The molecule has 0 N–H and O–H groups in total. The van der Waals surface area contributed by atoms with E-state index in [2.05, 4.69) is 0 Å². The first-order valence-electron chi connectivity index (χ1n) is 5.37. The third kappa shape index (κ3) is 2.99. The van der Waals surface area contributed by atoms with Crippen molar-refractivity contribution in [2.45, 2.75) is 18.6 Å². The zero-order chi connectivity index (χ0) is 13.6. The fraction of sp³-hybridized carbons (Fsp3) is 0.333. The zero-order valence-electron chi connectivity index (χ0n) is 9.94. The largest absolute Gasteiger partial charge is 0.268 e. The molecule has 6 heteroatoms. The molecule has 1 atom stereocenters. The van der Waals surface area contributed by atoms with Crippen molar-refractivity contribution in [3.8, 4) is 12.1 Å². The molecule has 5 nitrogen and oxygen atoms in total. The summed E-state index contributed by atoms with van der Waals surface area (Å²) in [7, 11) is -3.76. The fourth-order valence-electron chi connectivity index (χ4n) is 1.41. The second-order valence-electron chi connectivity index (χ2n) is 3.63. The molecule has 0 saturated carbocycles. The third-order valence-electron chi connectivity index (χ3n) is 2.41. The highest BCUT2D eigenvalue weighted by Gasteiger charge is 2.28. The average molecular weight is 263 g/mol. The minimum Gasteiger partial charge on any atom is -0.268 e. The summed E-state index contributed by atoms with van der Waals surface area (Å²) in [4.78, 5) is 0. The van der Waals surface area contributed by atoms with Gasteiger partial charge in [-0.1, -0.05) is 18.2 Å². The van der Waals surface area contributed by atoms with E-state index >= 15 is 0 Å². The minimum absolute atomic E-state index is 0.0505. The Hall–Kier alpha value is -2.05. The lowest BCUT2D eigenvalue weighted by Crippen LogP contribution is -2.37.